The van der Waals surface area contributed by atoms with Crippen molar-refractivity contribution in [3.8, 4) is 5.75 Å². The summed E-state index contributed by atoms with van der Waals surface area (Å²) in [7, 11) is 1.39. The minimum Gasteiger partial charge on any atom is -0.494 e. The lowest BCUT2D eigenvalue weighted by molar-refractivity contribution is -0.119. The zero-order chi connectivity index (χ0) is 12.8. The number of rotatable bonds is 5. The molecular formula is C12H17FN2O2. The largest absolute Gasteiger partial charge is 0.494 e. The van der Waals surface area contributed by atoms with E-state index in [1.165, 1.54) is 19.2 Å². The Morgan fingerprint density at radius 1 is 1.59 bits per heavy atom. The molecule has 0 aromatic heterocycles. The zero-order valence-corrected chi connectivity index (χ0v) is 10.00. The van der Waals surface area contributed by atoms with Crippen LogP contribution < -0.4 is 15.8 Å². The number of nitrogens with one attached hydrogen (secondary N) is 1. The van der Waals surface area contributed by atoms with Gasteiger partial charge in [0.05, 0.1) is 7.11 Å². The number of benzene rings is 1. The number of hydrogen-bond acceptors (Lipinski definition) is 3. The van der Waals surface area contributed by atoms with E-state index in [-0.39, 0.29) is 17.6 Å². The molecule has 5 heteroatoms. The van der Waals surface area contributed by atoms with Gasteiger partial charge in [-0.05, 0) is 25.1 Å². The number of carbonyl (C=O) groups is 1. The van der Waals surface area contributed by atoms with Gasteiger partial charge in [0.2, 0.25) is 5.91 Å². The molecule has 4 nitrogen and oxygen atoms in total. The highest BCUT2D eigenvalue weighted by Gasteiger charge is 2.12. The van der Waals surface area contributed by atoms with Crippen LogP contribution in [0.3, 0.4) is 0 Å². The van der Waals surface area contributed by atoms with Gasteiger partial charge in [0.25, 0.3) is 0 Å². The normalized spacial score (nSPS) is 12.0. The fraction of sp³-hybridized carbons (Fsp3) is 0.417. The first-order chi connectivity index (χ1) is 8.08. The summed E-state index contributed by atoms with van der Waals surface area (Å²) in [5, 5.41) is 2.63. The predicted octanol–water partition coefficient (Wildman–Crippen LogP) is 1.76. The summed E-state index contributed by atoms with van der Waals surface area (Å²) in [6.07, 6.45) is 0.602. The van der Waals surface area contributed by atoms with E-state index in [9.17, 15) is 9.18 Å². The standard InChI is InChI=1S/C12H17FN2O2/c1-8(5-6-14)12(16)15-9-3-4-11(17-2)10(13)7-9/h3-4,7-8H,5-6,14H2,1-2H3,(H,15,16). The molecular weight excluding hydrogens is 223 g/mol. The van der Waals surface area contributed by atoms with Gasteiger partial charge in [-0.3, -0.25) is 4.79 Å². The maximum Gasteiger partial charge on any atom is 0.227 e. The van der Waals surface area contributed by atoms with Crippen molar-refractivity contribution in [2.45, 2.75) is 13.3 Å². The van der Waals surface area contributed by atoms with Gasteiger partial charge in [0.15, 0.2) is 11.6 Å². The summed E-state index contributed by atoms with van der Waals surface area (Å²) in [5.41, 5.74) is 5.78. The molecule has 0 radical (unpaired) electrons. The molecule has 0 saturated carbocycles. The van der Waals surface area contributed by atoms with Crippen LogP contribution in [0.2, 0.25) is 0 Å². The number of ether oxygens (including phenoxy) is 1. The molecule has 94 valence electrons. The van der Waals surface area contributed by atoms with E-state index in [0.717, 1.165) is 0 Å². The van der Waals surface area contributed by atoms with E-state index < -0.39 is 5.82 Å². The molecule has 0 saturated heterocycles. The van der Waals surface area contributed by atoms with Crippen molar-refractivity contribution in [3.05, 3.63) is 24.0 Å². The highest BCUT2D eigenvalue weighted by molar-refractivity contribution is 5.92. The molecule has 0 aliphatic rings. The molecule has 17 heavy (non-hydrogen) atoms. The van der Waals surface area contributed by atoms with Gasteiger partial charge in [0.1, 0.15) is 0 Å². The second-order valence-electron chi connectivity index (χ2n) is 3.82. The molecule has 0 fully saturated rings. The van der Waals surface area contributed by atoms with Crippen LogP contribution >= 0.6 is 0 Å². The maximum atomic E-state index is 13.4. The summed E-state index contributed by atoms with van der Waals surface area (Å²) in [4.78, 5) is 11.6. The van der Waals surface area contributed by atoms with E-state index in [1.54, 1.807) is 13.0 Å². The maximum absolute atomic E-state index is 13.4. The molecule has 3 N–H and O–H groups in total. The second kappa shape index (κ2) is 6.20. The summed E-state index contributed by atoms with van der Waals surface area (Å²) < 4.78 is 18.1. The fourth-order valence-electron chi connectivity index (χ4n) is 1.39. The summed E-state index contributed by atoms with van der Waals surface area (Å²) in [6, 6.07) is 4.29. The Hall–Kier alpha value is -1.62. The number of nitrogens with two attached hydrogens (primary N) is 1. The van der Waals surface area contributed by atoms with Crippen LogP contribution in [0.15, 0.2) is 18.2 Å². The highest BCUT2D eigenvalue weighted by Crippen LogP contribution is 2.21. The van der Waals surface area contributed by atoms with Crippen LogP contribution in [0.1, 0.15) is 13.3 Å². The second-order valence-corrected chi connectivity index (χ2v) is 3.82. The molecule has 1 aromatic carbocycles. The quantitative estimate of drug-likeness (QED) is 0.824. The molecule has 1 amide bonds. The topological polar surface area (TPSA) is 64.3 Å². The minimum atomic E-state index is -0.503. The third-order valence-electron chi connectivity index (χ3n) is 2.47. The van der Waals surface area contributed by atoms with Crippen molar-refractivity contribution in [2.75, 3.05) is 19.0 Å². The molecule has 0 bridgehead atoms. The molecule has 1 aromatic rings. The molecule has 0 aliphatic carbocycles. The Morgan fingerprint density at radius 3 is 2.82 bits per heavy atom. The first-order valence-corrected chi connectivity index (χ1v) is 5.43. The van der Waals surface area contributed by atoms with Crippen molar-refractivity contribution in [2.24, 2.45) is 11.7 Å². The third-order valence-corrected chi connectivity index (χ3v) is 2.47. The lowest BCUT2D eigenvalue weighted by Gasteiger charge is -2.11. The van der Waals surface area contributed by atoms with Crippen LogP contribution in [0.4, 0.5) is 10.1 Å². The van der Waals surface area contributed by atoms with E-state index in [0.29, 0.717) is 18.7 Å². The van der Waals surface area contributed by atoms with Crippen molar-refractivity contribution >= 4 is 11.6 Å². The Morgan fingerprint density at radius 2 is 2.29 bits per heavy atom. The summed E-state index contributed by atoms with van der Waals surface area (Å²) in [6.45, 7) is 2.23. The van der Waals surface area contributed by atoms with E-state index >= 15 is 0 Å². The number of hydrogen-bond donors (Lipinski definition) is 2. The molecule has 1 rings (SSSR count). The molecule has 1 atom stereocenters. The van der Waals surface area contributed by atoms with Gasteiger partial charge in [-0.2, -0.15) is 0 Å². The summed E-state index contributed by atoms with van der Waals surface area (Å²) in [5.74, 6) is -0.708. The Balaban J connectivity index is 2.69. The van der Waals surface area contributed by atoms with Crippen molar-refractivity contribution in [3.63, 3.8) is 0 Å². The average Bonchev–Trinajstić information content (AvgIpc) is 2.29. The first-order valence-electron chi connectivity index (χ1n) is 5.43. The fourth-order valence-corrected chi connectivity index (χ4v) is 1.39. The van der Waals surface area contributed by atoms with Crippen LogP contribution in [0, 0.1) is 11.7 Å². The molecule has 0 spiro atoms. The zero-order valence-electron chi connectivity index (χ0n) is 10.00. The Labute approximate surface area is 100.0 Å². The first kappa shape index (κ1) is 13.4. The number of methoxy groups -OCH3 is 1. The lowest BCUT2D eigenvalue weighted by atomic mass is 10.1. The smallest absolute Gasteiger partial charge is 0.227 e. The number of carbonyl (C=O) groups excluding carboxylic acids is 1. The van der Waals surface area contributed by atoms with Gasteiger partial charge in [-0.15, -0.1) is 0 Å². The van der Waals surface area contributed by atoms with Crippen molar-refractivity contribution in [1.29, 1.82) is 0 Å². The van der Waals surface area contributed by atoms with Gasteiger partial charge in [-0.1, -0.05) is 6.92 Å². The van der Waals surface area contributed by atoms with Gasteiger partial charge in [-0.25, -0.2) is 4.39 Å². The number of halogens is 1. The van der Waals surface area contributed by atoms with E-state index in [1.807, 2.05) is 0 Å². The van der Waals surface area contributed by atoms with Crippen LogP contribution in [0.25, 0.3) is 0 Å². The molecule has 1 unspecified atom stereocenters. The monoisotopic (exact) mass is 240 g/mol. The van der Waals surface area contributed by atoms with Crippen LogP contribution in [-0.4, -0.2) is 19.6 Å². The van der Waals surface area contributed by atoms with E-state index in [4.69, 9.17) is 10.5 Å². The molecule has 0 heterocycles. The van der Waals surface area contributed by atoms with Crippen LogP contribution in [-0.2, 0) is 4.79 Å². The van der Waals surface area contributed by atoms with E-state index in [2.05, 4.69) is 5.32 Å². The van der Waals surface area contributed by atoms with Gasteiger partial charge in [0, 0.05) is 17.7 Å². The summed E-state index contributed by atoms with van der Waals surface area (Å²) >= 11 is 0. The molecule has 0 aliphatic heterocycles. The number of anilines is 1. The average molecular weight is 240 g/mol. The van der Waals surface area contributed by atoms with Crippen molar-refractivity contribution in [1.82, 2.24) is 0 Å². The Bertz CT molecular complexity index is 396. The van der Waals surface area contributed by atoms with Gasteiger partial charge >= 0.3 is 0 Å². The predicted molar refractivity (Wildman–Crippen MR) is 64.4 cm³/mol. The highest BCUT2D eigenvalue weighted by atomic mass is 19.1. The van der Waals surface area contributed by atoms with Crippen LogP contribution in [0.5, 0.6) is 5.75 Å². The Kier molecular flexibility index (Phi) is 4.90. The number of amides is 1. The third kappa shape index (κ3) is 3.71. The SMILES string of the molecule is COc1ccc(NC(=O)C(C)CCN)cc1F. The lowest BCUT2D eigenvalue weighted by Crippen LogP contribution is -2.22. The minimum absolute atomic E-state index is 0.151. The van der Waals surface area contributed by atoms with Crippen molar-refractivity contribution < 1.29 is 13.9 Å². The van der Waals surface area contributed by atoms with Gasteiger partial charge < -0.3 is 15.8 Å².